The van der Waals surface area contributed by atoms with Gasteiger partial charge in [0.05, 0.1) is 4.90 Å². The van der Waals surface area contributed by atoms with E-state index in [1.165, 1.54) is 70.3 Å². The second-order valence-electron chi connectivity index (χ2n) is 8.76. The molecule has 0 amide bonds. The highest BCUT2D eigenvalue weighted by Crippen LogP contribution is 2.25. The first-order valence-corrected chi connectivity index (χ1v) is 13.9. The van der Waals surface area contributed by atoms with Crippen molar-refractivity contribution in [2.75, 3.05) is 0 Å². The van der Waals surface area contributed by atoms with Gasteiger partial charge in [-0.3, -0.25) is 0 Å². The minimum Gasteiger partial charge on any atom is -0.221 e. The van der Waals surface area contributed by atoms with Gasteiger partial charge in [0.15, 0.2) is 5.37 Å². The number of isocyanates is 1. The molecule has 0 fully saturated rings. The number of fused-ring (bicyclic) bond motifs is 1. The molecule has 0 aliphatic heterocycles. The molecule has 0 heterocycles. The van der Waals surface area contributed by atoms with Gasteiger partial charge in [-0.1, -0.05) is 121 Å². The summed E-state index contributed by atoms with van der Waals surface area (Å²) in [4.78, 5) is 14.8. The summed E-state index contributed by atoms with van der Waals surface area (Å²) in [5.41, 5.74) is 0. The fourth-order valence-electron chi connectivity index (χ4n) is 4.19. The summed E-state index contributed by atoms with van der Waals surface area (Å²) in [7, 11) is -3.70. The standard InChI is InChI=1S/C27H39NO3S/c1-2-3-4-5-6-7-8-9-10-11-12-13-14-19-27(28-23-29)32(30,31)26-21-20-24-17-15-16-18-25(24)22-26/h15-18,20-22,27H,2-14,19H2,1H3. The molecule has 0 aliphatic rings. The van der Waals surface area contributed by atoms with Crippen molar-refractivity contribution in [3.63, 3.8) is 0 Å². The normalized spacial score (nSPS) is 12.5. The minimum atomic E-state index is -3.70. The summed E-state index contributed by atoms with van der Waals surface area (Å²) in [5, 5.41) is 0.801. The van der Waals surface area contributed by atoms with Crippen LogP contribution in [-0.4, -0.2) is 19.9 Å². The third-order valence-electron chi connectivity index (χ3n) is 6.16. The van der Waals surface area contributed by atoms with Crippen LogP contribution in [0.15, 0.2) is 52.4 Å². The Morgan fingerprint density at radius 3 is 1.84 bits per heavy atom. The zero-order valence-corrected chi connectivity index (χ0v) is 20.4. The van der Waals surface area contributed by atoms with Gasteiger partial charge < -0.3 is 0 Å². The van der Waals surface area contributed by atoms with Gasteiger partial charge in [0, 0.05) is 0 Å². The fraction of sp³-hybridized carbons (Fsp3) is 0.593. The SMILES string of the molecule is CCCCCCCCCCCCCCCC(N=C=O)S(=O)(=O)c1ccc2ccccc2c1. The minimum absolute atomic E-state index is 0.217. The fourth-order valence-corrected chi connectivity index (χ4v) is 5.71. The van der Waals surface area contributed by atoms with E-state index in [0.717, 1.165) is 30.0 Å². The van der Waals surface area contributed by atoms with Gasteiger partial charge in [0.25, 0.3) is 0 Å². The van der Waals surface area contributed by atoms with E-state index in [1.54, 1.807) is 18.2 Å². The molecular formula is C27H39NO3S. The third kappa shape index (κ3) is 8.88. The molecule has 0 saturated heterocycles. The quantitative estimate of drug-likeness (QED) is 0.138. The molecule has 0 aliphatic carbocycles. The van der Waals surface area contributed by atoms with Crippen LogP contribution in [0.1, 0.15) is 96.8 Å². The molecule has 0 saturated carbocycles. The summed E-state index contributed by atoms with van der Waals surface area (Å²) in [6.45, 7) is 2.25. The van der Waals surface area contributed by atoms with Gasteiger partial charge in [-0.25, -0.2) is 13.2 Å². The van der Waals surface area contributed by atoms with E-state index in [1.807, 2.05) is 24.3 Å². The highest BCUT2D eigenvalue weighted by atomic mass is 32.2. The van der Waals surface area contributed by atoms with Crippen molar-refractivity contribution >= 4 is 26.7 Å². The molecule has 176 valence electrons. The number of nitrogens with zero attached hydrogens (tertiary/aromatic N) is 1. The number of hydrogen-bond acceptors (Lipinski definition) is 4. The zero-order valence-electron chi connectivity index (χ0n) is 19.6. The maximum absolute atomic E-state index is 13.0. The molecule has 0 N–H and O–H groups in total. The van der Waals surface area contributed by atoms with E-state index in [4.69, 9.17) is 0 Å². The van der Waals surface area contributed by atoms with Gasteiger partial charge in [-0.2, -0.15) is 4.99 Å². The summed E-state index contributed by atoms with van der Waals surface area (Å²) >= 11 is 0. The summed E-state index contributed by atoms with van der Waals surface area (Å²) in [6.07, 6.45) is 17.8. The van der Waals surface area contributed by atoms with Crippen LogP contribution in [0.25, 0.3) is 10.8 Å². The number of unbranched alkanes of at least 4 members (excludes halogenated alkanes) is 12. The zero-order chi connectivity index (χ0) is 23.1. The number of benzene rings is 2. The van der Waals surface area contributed by atoms with Crippen molar-refractivity contribution in [3.05, 3.63) is 42.5 Å². The van der Waals surface area contributed by atoms with Crippen LogP contribution in [-0.2, 0) is 14.6 Å². The van der Waals surface area contributed by atoms with Crippen LogP contribution < -0.4 is 0 Å². The number of rotatable bonds is 17. The second kappa shape index (κ2) is 15.0. The van der Waals surface area contributed by atoms with Crippen molar-refractivity contribution in [2.45, 2.75) is 107 Å². The van der Waals surface area contributed by atoms with Gasteiger partial charge in [-0.15, -0.1) is 0 Å². The number of aliphatic imine (C=N–C) groups is 1. The Labute approximate surface area is 194 Å². The predicted octanol–water partition coefficient (Wildman–Crippen LogP) is 7.76. The van der Waals surface area contributed by atoms with E-state index in [0.29, 0.717) is 6.42 Å². The lowest BCUT2D eigenvalue weighted by Gasteiger charge is -2.13. The molecule has 0 spiro atoms. The van der Waals surface area contributed by atoms with Crippen LogP contribution in [0.2, 0.25) is 0 Å². The van der Waals surface area contributed by atoms with Crippen LogP contribution in [0.3, 0.4) is 0 Å². The molecule has 2 rings (SSSR count). The van der Waals surface area contributed by atoms with Crippen molar-refractivity contribution in [2.24, 2.45) is 4.99 Å². The first kappa shape index (κ1) is 26.3. The van der Waals surface area contributed by atoms with Crippen molar-refractivity contribution < 1.29 is 13.2 Å². The molecule has 5 heteroatoms. The maximum Gasteiger partial charge on any atom is 0.236 e. The van der Waals surface area contributed by atoms with Crippen molar-refractivity contribution in [1.29, 1.82) is 0 Å². The van der Waals surface area contributed by atoms with Crippen molar-refractivity contribution in [3.8, 4) is 0 Å². The molecule has 1 atom stereocenters. The lowest BCUT2D eigenvalue weighted by Crippen LogP contribution is -2.19. The van der Waals surface area contributed by atoms with E-state index >= 15 is 0 Å². The van der Waals surface area contributed by atoms with Crippen LogP contribution in [0.5, 0.6) is 0 Å². The molecule has 32 heavy (non-hydrogen) atoms. The molecule has 4 nitrogen and oxygen atoms in total. The number of hydrogen-bond donors (Lipinski definition) is 0. The van der Waals surface area contributed by atoms with Gasteiger partial charge >= 0.3 is 0 Å². The highest BCUT2D eigenvalue weighted by Gasteiger charge is 2.27. The molecule has 2 aromatic rings. The average Bonchev–Trinajstić information content (AvgIpc) is 2.81. The number of carbonyl (C=O) groups excluding carboxylic acids is 1. The Morgan fingerprint density at radius 1 is 0.750 bits per heavy atom. The Kier molecular flexibility index (Phi) is 12.3. The summed E-state index contributed by atoms with van der Waals surface area (Å²) in [5.74, 6) is 0. The first-order chi connectivity index (χ1) is 15.6. The highest BCUT2D eigenvalue weighted by molar-refractivity contribution is 7.92. The third-order valence-corrected chi connectivity index (χ3v) is 8.13. The Bertz CT molecular complexity index is 948. The van der Waals surface area contributed by atoms with E-state index in [-0.39, 0.29) is 4.90 Å². The second-order valence-corrected chi connectivity index (χ2v) is 10.9. The molecular weight excluding hydrogens is 418 g/mol. The van der Waals surface area contributed by atoms with Gasteiger partial charge in [0.2, 0.25) is 15.9 Å². The average molecular weight is 458 g/mol. The monoisotopic (exact) mass is 457 g/mol. The smallest absolute Gasteiger partial charge is 0.221 e. The Balaban J connectivity index is 1.70. The van der Waals surface area contributed by atoms with Crippen molar-refractivity contribution in [1.82, 2.24) is 0 Å². The Morgan fingerprint density at radius 2 is 1.28 bits per heavy atom. The molecule has 1 unspecified atom stereocenters. The molecule has 2 aromatic carbocycles. The maximum atomic E-state index is 13.0. The van der Waals surface area contributed by atoms with E-state index in [2.05, 4.69) is 11.9 Å². The Hall–Kier alpha value is -1.97. The van der Waals surface area contributed by atoms with E-state index < -0.39 is 15.2 Å². The largest absolute Gasteiger partial charge is 0.236 e. The van der Waals surface area contributed by atoms with Gasteiger partial charge in [-0.05, 0) is 29.3 Å². The lowest BCUT2D eigenvalue weighted by atomic mass is 10.0. The summed E-state index contributed by atoms with van der Waals surface area (Å²) in [6, 6.07) is 12.7. The lowest BCUT2D eigenvalue weighted by molar-refractivity contribution is 0.525. The molecule has 0 bridgehead atoms. The van der Waals surface area contributed by atoms with Gasteiger partial charge in [0.1, 0.15) is 0 Å². The van der Waals surface area contributed by atoms with Crippen LogP contribution in [0, 0.1) is 0 Å². The topological polar surface area (TPSA) is 63.6 Å². The molecule has 0 radical (unpaired) electrons. The van der Waals surface area contributed by atoms with E-state index in [9.17, 15) is 13.2 Å². The first-order valence-electron chi connectivity index (χ1n) is 12.4. The van der Waals surface area contributed by atoms with Crippen LogP contribution in [0.4, 0.5) is 0 Å². The predicted molar refractivity (Wildman–Crippen MR) is 133 cm³/mol. The number of sulfone groups is 1. The summed E-state index contributed by atoms with van der Waals surface area (Å²) < 4.78 is 26.1. The molecule has 0 aromatic heterocycles. The van der Waals surface area contributed by atoms with Crippen LogP contribution >= 0.6 is 0 Å².